The number of methoxy groups -OCH3 is 2. The van der Waals surface area contributed by atoms with Crippen LogP contribution in [-0.4, -0.2) is 27.6 Å². The first-order chi connectivity index (χ1) is 14.0. The maximum absolute atomic E-state index is 12.8. The predicted molar refractivity (Wildman–Crippen MR) is 107 cm³/mol. The summed E-state index contributed by atoms with van der Waals surface area (Å²) in [5, 5.41) is 0. The number of aromatic nitrogens is 1. The van der Waals surface area contributed by atoms with Gasteiger partial charge in [-0.2, -0.15) is 8.42 Å². The molecule has 0 aliphatic rings. The normalized spacial score (nSPS) is 11.4. The Morgan fingerprint density at radius 2 is 1.62 bits per heavy atom. The fourth-order valence-electron chi connectivity index (χ4n) is 2.81. The van der Waals surface area contributed by atoms with Crippen LogP contribution in [0, 0.1) is 0 Å². The first-order valence-electron chi connectivity index (χ1n) is 8.63. The van der Waals surface area contributed by atoms with Crippen LogP contribution in [0.1, 0.15) is 0 Å². The van der Waals surface area contributed by atoms with Gasteiger partial charge in [-0.3, -0.25) is 0 Å². The Morgan fingerprint density at radius 1 is 0.862 bits per heavy atom. The second-order valence-electron chi connectivity index (χ2n) is 6.07. The van der Waals surface area contributed by atoms with Crippen LogP contribution >= 0.6 is 0 Å². The Balaban J connectivity index is 1.69. The summed E-state index contributed by atoms with van der Waals surface area (Å²) in [6.07, 6.45) is 0. The van der Waals surface area contributed by atoms with E-state index < -0.39 is 10.1 Å². The SMILES string of the molecule is COc1ccc(OC)c(S(=O)(=O)Oc2ccc3nc(-c4ccccc4)oc3c2)c1. The zero-order valence-corrected chi connectivity index (χ0v) is 16.5. The number of ether oxygens (including phenoxy) is 2. The quantitative estimate of drug-likeness (QED) is 0.438. The average molecular weight is 411 g/mol. The van der Waals surface area contributed by atoms with Crippen molar-refractivity contribution in [3.63, 3.8) is 0 Å². The zero-order valence-electron chi connectivity index (χ0n) is 15.7. The van der Waals surface area contributed by atoms with E-state index in [1.165, 1.54) is 38.5 Å². The van der Waals surface area contributed by atoms with Crippen LogP contribution in [0.2, 0.25) is 0 Å². The standard InChI is InChI=1S/C21H17NO6S/c1-25-15-9-11-18(26-2)20(13-15)29(23,24)28-16-8-10-17-19(12-16)27-21(22-17)14-6-4-3-5-7-14/h3-13H,1-2H3. The summed E-state index contributed by atoms with van der Waals surface area (Å²) in [5.74, 6) is 1.05. The molecule has 0 unspecified atom stereocenters. The minimum atomic E-state index is -4.17. The molecule has 0 saturated heterocycles. The van der Waals surface area contributed by atoms with E-state index in [0.717, 1.165) is 5.56 Å². The monoisotopic (exact) mass is 411 g/mol. The third-order valence-electron chi connectivity index (χ3n) is 4.23. The predicted octanol–water partition coefficient (Wildman–Crippen LogP) is 4.28. The number of hydrogen-bond donors (Lipinski definition) is 0. The van der Waals surface area contributed by atoms with Crippen LogP contribution in [0.4, 0.5) is 0 Å². The van der Waals surface area contributed by atoms with Gasteiger partial charge in [-0.1, -0.05) is 18.2 Å². The molecule has 0 spiro atoms. The van der Waals surface area contributed by atoms with Gasteiger partial charge in [-0.25, -0.2) is 4.98 Å². The molecule has 0 saturated carbocycles. The minimum Gasteiger partial charge on any atom is -0.497 e. The van der Waals surface area contributed by atoms with Gasteiger partial charge in [0.1, 0.15) is 22.8 Å². The molecule has 1 aromatic heterocycles. The summed E-state index contributed by atoms with van der Waals surface area (Å²) < 4.78 is 46.9. The largest absolute Gasteiger partial charge is 0.497 e. The molecular formula is C21H17NO6S. The molecule has 0 N–H and O–H groups in total. The second-order valence-corrected chi connectivity index (χ2v) is 7.58. The number of benzene rings is 3. The first kappa shape index (κ1) is 18.8. The van der Waals surface area contributed by atoms with Crippen molar-refractivity contribution < 1.29 is 26.5 Å². The van der Waals surface area contributed by atoms with Crippen LogP contribution in [0.3, 0.4) is 0 Å². The van der Waals surface area contributed by atoms with Crippen molar-refractivity contribution in [2.45, 2.75) is 4.90 Å². The number of rotatable bonds is 6. The molecule has 4 aromatic rings. The Kier molecular flexibility index (Phi) is 4.85. The van der Waals surface area contributed by atoms with Gasteiger partial charge >= 0.3 is 10.1 Å². The number of nitrogens with zero attached hydrogens (tertiary/aromatic N) is 1. The van der Waals surface area contributed by atoms with Gasteiger partial charge < -0.3 is 18.1 Å². The molecule has 0 aliphatic carbocycles. The van der Waals surface area contributed by atoms with Crippen LogP contribution in [-0.2, 0) is 10.1 Å². The van der Waals surface area contributed by atoms with Gasteiger partial charge in [-0.15, -0.1) is 0 Å². The van der Waals surface area contributed by atoms with Crippen LogP contribution in [0.5, 0.6) is 17.2 Å². The summed E-state index contributed by atoms with van der Waals surface area (Å²) in [5.41, 5.74) is 1.82. The minimum absolute atomic E-state index is 0.0955. The van der Waals surface area contributed by atoms with Gasteiger partial charge in [0, 0.05) is 17.7 Å². The number of fused-ring (bicyclic) bond motifs is 1. The molecule has 0 bridgehead atoms. The van der Waals surface area contributed by atoms with Crippen molar-refractivity contribution in [3.8, 4) is 28.7 Å². The van der Waals surface area contributed by atoms with Crippen molar-refractivity contribution in [2.75, 3.05) is 14.2 Å². The molecule has 0 radical (unpaired) electrons. The van der Waals surface area contributed by atoms with Crippen LogP contribution in [0.15, 0.2) is 76.0 Å². The van der Waals surface area contributed by atoms with E-state index in [0.29, 0.717) is 22.7 Å². The van der Waals surface area contributed by atoms with E-state index in [1.54, 1.807) is 12.1 Å². The van der Waals surface area contributed by atoms with E-state index in [4.69, 9.17) is 18.1 Å². The Bertz CT molecular complexity index is 1270. The lowest BCUT2D eigenvalue weighted by Gasteiger charge is -2.11. The smallest absolute Gasteiger partial charge is 0.343 e. The molecule has 148 valence electrons. The molecule has 4 rings (SSSR count). The third kappa shape index (κ3) is 3.74. The highest BCUT2D eigenvalue weighted by Gasteiger charge is 2.23. The second kappa shape index (κ2) is 7.48. The fourth-order valence-corrected chi connectivity index (χ4v) is 3.92. The summed E-state index contributed by atoms with van der Waals surface area (Å²) in [7, 11) is -1.34. The van der Waals surface area contributed by atoms with E-state index >= 15 is 0 Å². The first-order valence-corrected chi connectivity index (χ1v) is 10.0. The molecule has 0 amide bonds. The lowest BCUT2D eigenvalue weighted by Crippen LogP contribution is -2.11. The van der Waals surface area contributed by atoms with Gasteiger partial charge in [0.05, 0.1) is 14.2 Å². The van der Waals surface area contributed by atoms with Crippen LogP contribution < -0.4 is 13.7 Å². The lowest BCUT2D eigenvalue weighted by atomic mass is 10.2. The maximum atomic E-state index is 12.8. The van der Waals surface area contributed by atoms with Gasteiger partial charge in [0.2, 0.25) is 5.89 Å². The summed E-state index contributed by atoms with van der Waals surface area (Å²) in [6, 6.07) is 18.5. The molecule has 0 fully saturated rings. The third-order valence-corrected chi connectivity index (χ3v) is 5.50. The Labute approximate surface area is 167 Å². The fraction of sp³-hybridized carbons (Fsp3) is 0.0952. The van der Waals surface area contributed by atoms with Crippen LogP contribution in [0.25, 0.3) is 22.6 Å². The van der Waals surface area contributed by atoms with E-state index in [-0.39, 0.29) is 16.4 Å². The zero-order chi connectivity index (χ0) is 20.4. The molecule has 8 heteroatoms. The van der Waals surface area contributed by atoms with E-state index in [2.05, 4.69) is 4.98 Å². The van der Waals surface area contributed by atoms with E-state index in [1.807, 2.05) is 30.3 Å². The van der Waals surface area contributed by atoms with Crippen molar-refractivity contribution in [1.82, 2.24) is 4.98 Å². The highest BCUT2D eigenvalue weighted by atomic mass is 32.2. The van der Waals surface area contributed by atoms with Crippen molar-refractivity contribution in [2.24, 2.45) is 0 Å². The lowest BCUT2D eigenvalue weighted by molar-refractivity contribution is 0.388. The summed E-state index contributed by atoms with van der Waals surface area (Å²) in [4.78, 5) is 4.28. The maximum Gasteiger partial charge on any atom is 0.343 e. The Morgan fingerprint density at radius 3 is 2.34 bits per heavy atom. The molecule has 1 heterocycles. The molecule has 29 heavy (non-hydrogen) atoms. The highest BCUT2D eigenvalue weighted by molar-refractivity contribution is 7.87. The average Bonchev–Trinajstić information content (AvgIpc) is 3.17. The highest BCUT2D eigenvalue weighted by Crippen LogP contribution is 2.32. The van der Waals surface area contributed by atoms with Gasteiger partial charge in [0.25, 0.3) is 0 Å². The molecule has 7 nitrogen and oxygen atoms in total. The van der Waals surface area contributed by atoms with Crippen molar-refractivity contribution in [1.29, 1.82) is 0 Å². The van der Waals surface area contributed by atoms with E-state index in [9.17, 15) is 8.42 Å². The topological polar surface area (TPSA) is 87.9 Å². The van der Waals surface area contributed by atoms with Crippen molar-refractivity contribution in [3.05, 3.63) is 66.7 Å². The number of hydrogen-bond acceptors (Lipinski definition) is 7. The molecule has 0 aliphatic heterocycles. The van der Waals surface area contributed by atoms with Crippen molar-refractivity contribution >= 4 is 21.2 Å². The van der Waals surface area contributed by atoms with Gasteiger partial charge in [0.15, 0.2) is 10.5 Å². The Hall–Kier alpha value is -3.52. The molecule has 3 aromatic carbocycles. The summed E-state index contributed by atoms with van der Waals surface area (Å²) in [6.45, 7) is 0. The molecular weight excluding hydrogens is 394 g/mol. The summed E-state index contributed by atoms with van der Waals surface area (Å²) >= 11 is 0. The number of oxazole rings is 1. The van der Waals surface area contributed by atoms with Gasteiger partial charge in [-0.05, 0) is 36.4 Å². The molecule has 0 atom stereocenters.